The number of carbonyl (C=O) groups is 1. The van der Waals surface area contributed by atoms with E-state index in [-0.39, 0.29) is 20.9 Å². The zero-order valence-corrected chi connectivity index (χ0v) is 8.61. The Hall–Kier alpha value is -1.28. The molecular weight excluding hydrogens is 201 g/mol. The van der Waals surface area contributed by atoms with E-state index in [1.54, 1.807) is 19.1 Å². The number of primary amides is 1. The standard InChI is InChI=1S/C9H10NO3P/c1-5(9(10)11)6-2-3-7-8(4-6)13-14-12-7/h2-5,14H,1H3,(H2,10,11). The van der Waals surface area contributed by atoms with Gasteiger partial charge in [0.05, 0.1) is 5.92 Å². The van der Waals surface area contributed by atoms with E-state index in [1.807, 2.05) is 6.07 Å². The van der Waals surface area contributed by atoms with Gasteiger partial charge in [-0.1, -0.05) is 6.07 Å². The van der Waals surface area contributed by atoms with Gasteiger partial charge in [0.25, 0.3) is 9.03 Å². The molecule has 2 rings (SSSR count). The van der Waals surface area contributed by atoms with Crippen molar-refractivity contribution in [1.29, 1.82) is 0 Å². The summed E-state index contributed by atoms with van der Waals surface area (Å²) in [6.07, 6.45) is 0. The molecule has 0 aliphatic carbocycles. The molecule has 2 atom stereocenters. The predicted molar refractivity (Wildman–Crippen MR) is 53.6 cm³/mol. The number of hydrogen-bond donors (Lipinski definition) is 1. The summed E-state index contributed by atoms with van der Waals surface area (Å²) in [5, 5.41) is 0. The highest BCUT2D eigenvalue weighted by atomic mass is 31.1. The molecule has 1 aromatic rings. The highest BCUT2D eigenvalue weighted by molar-refractivity contribution is 7.27. The molecule has 1 aliphatic heterocycles. The summed E-state index contributed by atoms with van der Waals surface area (Å²) >= 11 is 0. The molecule has 0 aromatic heterocycles. The van der Waals surface area contributed by atoms with Gasteiger partial charge in [0, 0.05) is 0 Å². The summed E-state index contributed by atoms with van der Waals surface area (Å²) in [6, 6.07) is 5.42. The molecule has 2 N–H and O–H groups in total. The topological polar surface area (TPSA) is 61.6 Å². The molecule has 0 saturated carbocycles. The average molecular weight is 211 g/mol. The van der Waals surface area contributed by atoms with Crippen LogP contribution in [0.4, 0.5) is 0 Å². The first kappa shape index (κ1) is 9.28. The largest absolute Gasteiger partial charge is 0.437 e. The molecule has 74 valence electrons. The van der Waals surface area contributed by atoms with E-state index in [2.05, 4.69) is 0 Å². The monoisotopic (exact) mass is 211 g/mol. The lowest BCUT2D eigenvalue weighted by Gasteiger charge is -2.07. The summed E-state index contributed by atoms with van der Waals surface area (Å²) in [7, 11) is 0.0146. The van der Waals surface area contributed by atoms with Crippen molar-refractivity contribution in [2.24, 2.45) is 5.73 Å². The zero-order valence-electron chi connectivity index (χ0n) is 7.61. The van der Waals surface area contributed by atoms with Gasteiger partial charge >= 0.3 is 0 Å². The smallest absolute Gasteiger partial charge is 0.275 e. The van der Waals surface area contributed by atoms with Gasteiger partial charge in [-0.3, -0.25) is 4.79 Å². The summed E-state index contributed by atoms with van der Waals surface area (Å²) in [4.78, 5) is 11.0. The van der Waals surface area contributed by atoms with E-state index in [9.17, 15) is 4.79 Å². The van der Waals surface area contributed by atoms with Crippen LogP contribution >= 0.6 is 9.03 Å². The van der Waals surface area contributed by atoms with Crippen LogP contribution < -0.4 is 14.8 Å². The van der Waals surface area contributed by atoms with Crippen LogP contribution in [0.15, 0.2) is 18.2 Å². The molecule has 1 aliphatic rings. The second-order valence-corrected chi connectivity index (χ2v) is 3.69. The minimum absolute atomic E-state index is 0.0146. The zero-order chi connectivity index (χ0) is 10.1. The van der Waals surface area contributed by atoms with Crippen LogP contribution in [-0.2, 0) is 4.79 Å². The van der Waals surface area contributed by atoms with Crippen LogP contribution in [0.1, 0.15) is 18.4 Å². The van der Waals surface area contributed by atoms with Crippen molar-refractivity contribution in [3.63, 3.8) is 0 Å². The predicted octanol–water partition coefficient (Wildman–Crippen LogP) is 1.56. The van der Waals surface area contributed by atoms with Gasteiger partial charge in [0.15, 0.2) is 11.5 Å². The van der Waals surface area contributed by atoms with E-state index >= 15 is 0 Å². The number of rotatable bonds is 2. The van der Waals surface area contributed by atoms with Gasteiger partial charge in [-0.25, -0.2) is 0 Å². The normalized spacial score (nSPS) is 16.9. The number of nitrogens with two attached hydrogens (primary N) is 1. The number of fused-ring (bicyclic) bond motifs is 1. The first-order valence-electron chi connectivity index (χ1n) is 4.20. The van der Waals surface area contributed by atoms with Gasteiger partial charge in [0.2, 0.25) is 5.91 Å². The minimum Gasteiger partial charge on any atom is -0.437 e. The van der Waals surface area contributed by atoms with Gasteiger partial charge in [-0.05, 0) is 24.6 Å². The number of benzene rings is 1. The van der Waals surface area contributed by atoms with Crippen molar-refractivity contribution in [2.75, 3.05) is 0 Å². The summed E-state index contributed by atoms with van der Waals surface area (Å²) < 4.78 is 10.4. The Morgan fingerprint density at radius 1 is 1.43 bits per heavy atom. The number of hydrogen-bond acceptors (Lipinski definition) is 3. The van der Waals surface area contributed by atoms with Gasteiger partial charge in [-0.15, -0.1) is 0 Å². The lowest BCUT2D eigenvalue weighted by molar-refractivity contribution is -0.119. The maximum absolute atomic E-state index is 11.0. The molecule has 0 saturated heterocycles. The van der Waals surface area contributed by atoms with E-state index in [0.29, 0.717) is 5.75 Å². The van der Waals surface area contributed by atoms with Crippen LogP contribution in [0.3, 0.4) is 0 Å². The maximum atomic E-state index is 11.0. The Morgan fingerprint density at radius 3 is 2.86 bits per heavy atom. The third kappa shape index (κ3) is 1.53. The molecule has 14 heavy (non-hydrogen) atoms. The van der Waals surface area contributed by atoms with Crippen molar-refractivity contribution in [2.45, 2.75) is 12.8 Å². The number of carbonyl (C=O) groups excluding carboxylic acids is 1. The molecule has 4 nitrogen and oxygen atoms in total. The first-order chi connectivity index (χ1) is 6.68. The van der Waals surface area contributed by atoms with Crippen molar-refractivity contribution >= 4 is 14.9 Å². The van der Waals surface area contributed by atoms with E-state index in [1.165, 1.54) is 0 Å². The second-order valence-electron chi connectivity index (χ2n) is 3.12. The molecule has 0 bridgehead atoms. The Labute approximate surface area is 83.3 Å². The van der Waals surface area contributed by atoms with Crippen molar-refractivity contribution in [1.82, 2.24) is 0 Å². The Balaban J connectivity index is 2.33. The van der Waals surface area contributed by atoms with E-state index in [4.69, 9.17) is 14.8 Å². The third-order valence-electron chi connectivity index (χ3n) is 2.20. The molecular formula is C9H10NO3P. The van der Waals surface area contributed by atoms with E-state index < -0.39 is 0 Å². The second kappa shape index (κ2) is 3.46. The molecule has 2 unspecified atom stereocenters. The Morgan fingerprint density at radius 2 is 2.14 bits per heavy atom. The van der Waals surface area contributed by atoms with Crippen LogP contribution in [0, 0.1) is 0 Å². The van der Waals surface area contributed by atoms with Crippen LogP contribution in [0.2, 0.25) is 0 Å². The van der Waals surface area contributed by atoms with Crippen LogP contribution in [-0.4, -0.2) is 5.91 Å². The quantitative estimate of drug-likeness (QED) is 0.755. The van der Waals surface area contributed by atoms with Crippen molar-refractivity contribution < 1.29 is 13.8 Å². The fraction of sp³-hybridized carbons (Fsp3) is 0.222. The molecule has 5 heteroatoms. The molecule has 0 radical (unpaired) electrons. The SMILES string of the molecule is CC(C(N)=O)c1ccc2c(c1)OPO2. The fourth-order valence-corrected chi connectivity index (χ4v) is 1.78. The summed E-state index contributed by atoms with van der Waals surface area (Å²) in [5.74, 6) is 0.775. The Bertz CT molecular complexity index is 380. The lowest BCUT2D eigenvalue weighted by atomic mass is 10.0. The average Bonchev–Trinajstić information content (AvgIpc) is 2.62. The molecule has 1 aromatic carbocycles. The van der Waals surface area contributed by atoms with Crippen molar-refractivity contribution in [3.8, 4) is 11.5 Å². The van der Waals surface area contributed by atoms with E-state index in [0.717, 1.165) is 11.3 Å². The first-order valence-corrected chi connectivity index (χ1v) is 5.02. The summed E-state index contributed by atoms with van der Waals surface area (Å²) in [5.41, 5.74) is 6.06. The lowest BCUT2D eigenvalue weighted by Crippen LogP contribution is -2.18. The van der Waals surface area contributed by atoms with Gasteiger partial charge in [-0.2, -0.15) is 0 Å². The van der Waals surface area contributed by atoms with Gasteiger partial charge in [0.1, 0.15) is 0 Å². The van der Waals surface area contributed by atoms with Gasteiger partial charge < -0.3 is 14.8 Å². The molecule has 0 fully saturated rings. The Kier molecular flexibility index (Phi) is 2.30. The highest BCUT2D eigenvalue weighted by Crippen LogP contribution is 2.42. The van der Waals surface area contributed by atoms with Crippen LogP contribution in [0.5, 0.6) is 11.5 Å². The minimum atomic E-state index is -0.341. The number of amides is 1. The summed E-state index contributed by atoms with van der Waals surface area (Å²) in [6.45, 7) is 1.77. The molecule has 0 spiro atoms. The van der Waals surface area contributed by atoms with Crippen molar-refractivity contribution in [3.05, 3.63) is 23.8 Å². The highest BCUT2D eigenvalue weighted by Gasteiger charge is 2.18. The molecule has 1 heterocycles. The molecule has 1 amide bonds. The maximum Gasteiger partial charge on any atom is 0.275 e. The van der Waals surface area contributed by atoms with Crippen LogP contribution in [0.25, 0.3) is 0 Å². The fourth-order valence-electron chi connectivity index (χ4n) is 1.23. The third-order valence-corrected chi connectivity index (χ3v) is 2.80.